The molecule has 0 aromatic rings. The van der Waals surface area contributed by atoms with Crippen molar-refractivity contribution >= 4 is 17.9 Å². The lowest BCUT2D eigenvalue weighted by Gasteiger charge is -2.18. The van der Waals surface area contributed by atoms with Crippen LogP contribution in [0.1, 0.15) is 297 Å². The number of allylic oxidation sites excluding steroid dienone is 8. The summed E-state index contributed by atoms with van der Waals surface area (Å²) < 4.78 is 16.8. The van der Waals surface area contributed by atoms with Crippen LogP contribution in [0, 0.1) is 0 Å². The van der Waals surface area contributed by atoms with Gasteiger partial charge in [-0.15, -0.1) is 0 Å². The number of carbonyl (C=O) groups is 3. The molecule has 66 heavy (non-hydrogen) atoms. The van der Waals surface area contributed by atoms with E-state index in [9.17, 15) is 14.4 Å². The summed E-state index contributed by atoms with van der Waals surface area (Å²) in [5.74, 6) is -0.883. The van der Waals surface area contributed by atoms with E-state index in [0.29, 0.717) is 19.3 Å². The van der Waals surface area contributed by atoms with Crippen LogP contribution in [0.4, 0.5) is 0 Å². The molecule has 0 aliphatic heterocycles. The molecule has 0 aliphatic rings. The predicted octanol–water partition coefficient (Wildman–Crippen LogP) is 19.0. The normalized spacial score (nSPS) is 12.3. The summed E-state index contributed by atoms with van der Waals surface area (Å²) in [5.41, 5.74) is 0. The maximum Gasteiger partial charge on any atom is 0.306 e. The third-order valence-corrected chi connectivity index (χ3v) is 12.6. The van der Waals surface area contributed by atoms with Crippen LogP contribution in [-0.4, -0.2) is 37.2 Å². The lowest BCUT2D eigenvalue weighted by molar-refractivity contribution is -0.167. The quantitative estimate of drug-likeness (QED) is 0.0262. The maximum atomic E-state index is 12.8. The molecule has 0 radical (unpaired) electrons. The molecule has 0 aromatic heterocycles. The summed E-state index contributed by atoms with van der Waals surface area (Å²) >= 11 is 0. The summed E-state index contributed by atoms with van der Waals surface area (Å²) in [6.45, 7) is 6.58. The molecular formula is C60H108O6. The Bertz CT molecular complexity index is 1150. The van der Waals surface area contributed by atoms with Gasteiger partial charge in [0.05, 0.1) is 0 Å². The number of hydrogen-bond donors (Lipinski definition) is 0. The second kappa shape index (κ2) is 55.0. The molecule has 0 N–H and O–H groups in total. The molecule has 0 aliphatic carbocycles. The van der Waals surface area contributed by atoms with Crippen molar-refractivity contribution in [3.05, 3.63) is 48.6 Å². The zero-order valence-corrected chi connectivity index (χ0v) is 44.0. The number of ether oxygens (including phenoxy) is 3. The van der Waals surface area contributed by atoms with Gasteiger partial charge in [-0.25, -0.2) is 0 Å². The zero-order chi connectivity index (χ0) is 47.9. The molecular weight excluding hydrogens is 817 g/mol. The Kier molecular flexibility index (Phi) is 52.8. The molecule has 0 aromatic carbocycles. The molecule has 0 amide bonds. The summed E-state index contributed by atoms with van der Waals surface area (Å²) in [7, 11) is 0. The lowest BCUT2D eigenvalue weighted by Crippen LogP contribution is -2.30. The third kappa shape index (κ3) is 52.3. The van der Waals surface area contributed by atoms with Crippen molar-refractivity contribution in [1.82, 2.24) is 0 Å². The molecule has 0 fully saturated rings. The fraction of sp³-hybridized carbons (Fsp3) is 0.817. The summed E-state index contributed by atoms with van der Waals surface area (Å²) in [5, 5.41) is 0. The van der Waals surface area contributed by atoms with E-state index in [1.165, 1.54) is 167 Å². The van der Waals surface area contributed by atoms with E-state index < -0.39 is 6.10 Å². The molecule has 0 saturated heterocycles. The number of hydrogen-bond acceptors (Lipinski definition) is 6. The van der Waals surface area contributed by atoms with Gasteiger partial charge in [-0.2, -0.15) is 0 Å². The Hall–Kier alpha value is -2.63. The van der Waals surface area contributed by atoms with Gasteiger partial charge in [0.1, 0.15) is 13.2 Å². The Morgan fingerprint density at radius 2 is 0.561 bits per heavy atom. The van der Waals surface area contributed by atoms with E-state index in [1.54, 1.807) is 0 Å². The minimum atomic E-state index is -0.777. The Morgan fingerprint density at radius 3 is 0.879 bits per heavy atom. The molecule has 6 nitrogen and oxygen atoms in total. The molecule has 0 bridgehead atoms. The highest BCUT2D eigenvalue weighted by atomic mass is 16.6. The largest absolute Gasteiger partial charge is 0.462 e. The Morgan fingerprint density at radius 1 is 0.303 bits per heavy atom. The van der Waals surface area contributed by atoms with Crippen LogP contribution in [-0.2, 0) is 28.6 Å². The maximum absolute atomic E-state index is 12.8. The molecule has 0 rings (SSSR count). The van der Waals surface area contributed by atoms with Gasteiger partial charge < -0.3 is 14.2 Å². The molecule has 0 heterocycles. The molecule has 6 heteroatoms. The predicted molar refractivity (Wildman–Crippen MR) is 284 cm³/mol. The summed E-state index contributed by atoms with van der Waals surface area (Å²) in [6.07, 6.45) is 66.9. The van der Waals surface area contributed by atoms with Crippen molar-refractivity contribution < 1.29 is 28.6 Å². The molecule has 1 atom stereocenters. The molecule has 0 spiro atoms. The first-order chi connectivity index (χ1) is 32.5. The van der Waals surface area contributed by atoms with Gasteiger partial charge in [0, 0.05) is 19.3 Å². The van der Waals surface area contributed by atoms with Gasteiger partial charge in [0.2, 0.25) is 0 Å². The number of rotatable bonds is 52. The first kappa shape index (κ1) is 63.4. The fourth-order valence-corrected chi connectivity index (χ4v) is 8.20. The summed E-state index contributed by atoms with van der Waals surface area (Å²) in [6, 6.07) is 0. The zero-order valence-electron chi connectivity index (χ0n) is 44.0. The second-order valence-electron chi connectivity index (χ2n) is 19.2. The van der Waals surface area contributed by atoms with Crippen molar-refractivity contribution in [2.75, 3.05) is 13.2 Å². The summed E-state index contributed by atoms with van der Waals surface area (Å²) in [4.78, 5) is 38.0. The first-order valence-electron chi connectivity index (χ1n) is 28.6. The first-order valence-corrected chi connectivity index (χ1v) is 28.6. The van der Waals surface area contributed by atoms with Crippen molar-refractivity contribution in [2.24, 2.45) is 0 Å². The number of esters is 3. The smallest absolute Gasteiger partial charge is 0.306 e. The van der Waals surface area contributed by atoms with Gasteiger partial charge in [0.15, 0.2) is 6.10 Å². The van der Waals surface area contributed by atoms with Gasteiger partial charge in [0.25, 0.3) is 0 Å². The fourth-order valence-electron chi connectivity index (χ4n) is 8.20. The van der Waals surface area contributed by atoms with E-state index >= 15 is 0 Å². The lowest BCUT2D eigenvalue weighted by atomic mass is 10.0. The highest BCUT2D eigenvalue weighted by Gasteiger charge is 2.19. The van der Waals surface area contributed by atoms with Crippen molar-refractivity contribution in [3.8, 4) is 0 Å². The van der Waals surface area contributed by atoms with Crippen LogP contribution < -0.4 is 0 Å². The third-order valence-electron chi connectivity index (χ3n) is 12.6. The standard InChI is InChI=1S/C60H108O6/c1-4-7-10-13-16-19-21-23-25-26-27-28-29-30-31-32-33-34-35-37-38-41-44-47-50-53-59(62)65-56-57(55-64-58(61)52-49-46-43-40-18-15-12-9-6-3)66-60(63)54-51-48-45-42-39-36-24-22-20-17-14-11-8-5-2/h14,17,21-24,26-27,57H,4-13,15-16,18-20,25,28-56H2,1-3H3/b17-14-,23-21-,24-22-,27-26-. The molecule has 0 saturated carbocycles. The Labute approximate surface area is 409 Å². The van der Waals surface area contributed by atoms with Gasteiger partial charge in [-0.1, -0.05) is 249 Å². The number of unbranched alkanes of at least 4 members (excludes halogenated alkanes) is 33. The van der Waals surface area contributed by atoms with E-state index in [2.05, 4.69) is 69.4 Å². The topological polar surface area (TPSA) is 78.9 Å². The Balaban J connectivity index is 4.18. The van der Waals surface area contributed by atoms with Crippen LogP contribution in [0.15, 0.2) is 48.6 Å². The monoisotopic (exact) mass is 925 g/mol. The van der Waals surface area contributed by atoms with Crippen LogP contribution >= 0.6 is 0 Å². The van der Waals surface area contributed by atoms with Crippen LogP contribution in [0.5, 0.6) is 0 Å². The van der Waals surface area contributed by atoms with E-state index in [1.807, 2.05) is 0 Å². The SMILES string of the molecule is CCCC/C=C\C/C=C\CCCCCCCC(=O)OC(COC(=O)CCCCCCCCCCC)COC(=O)CCCCCCCCCCCCCCC/C=C\C/C=C\CCCCCCC. The average Bonchev–Trinajstić information content (AvgIpc) is 3.31. The van der Waals surface area contributed by atoms with Gasteiger partial charge >= 0.3 is 17.9 Å². The van der Waals surface area contributed by atoms with Gasteiger partial charge in [-0.3, -0.25) is 14.4 Å². The molecule has 384 valence electrons. The van der Waals surface area contributed by atoms with Crippen molar-refractivity contribution in [2.45, 2.75) is 303 Å². The van der Waals surface area contributed by atoms with E-state index in [0.717, 1.165) is 89.9 Å². The van der Waals surface area contributed by atoms with Crippen LogP contribution in [0.2, 0.25) is 0 Å². The minimum Gasteiger partial charge on any atom is -0.462 e. The highest BCUT2D eigenvalue weighted by Crippen LogP contribution is 2.16. The molecule has 1 unspecified atom stereocenters. The average molecular weight is 926 g/mol. The van der Waals surface area contributed by atoms with Crippen LogP contribution in [0.3, 0.4) is 0 Å². The minimum absolute atomic E-state index is 0.0764. The second-order valence-corrected chi connectivity index (χ2v) is 19.2. The van der Waals surface area contributed by atoms with Crippen molar-refractivity contribution in [3.63, 3.8) is 0 Å². The number of carbonyl (C=O) groups excluding carboxylic acids is 3. The van der Waals surface area contributed by atoms with Crippen LogP contribution in [0.25, 0.3) is 0 Å². The van der Waals surface area contributed by atoms with E-state index in [4.69, 9.17) is 14.2 Å². The van der Waals surface area contributed by atoms with E-state index in [-0.39, 0.29) is 31.1 Å². The van der Waals surface area contributed by atoms with Gasteiger partial charge in [-0.05, 0) is 77.0 Å². The highest BCUT2D eigenvalue weighted by molar-refractivity contribution is 5.71. The van der Waals surface area contributed by atoms with Crippen molar-refractivity contribution in [1.29, 1.82) is 0 Å².